The highest BCUT2D eigenvalue weighted by Gasteiger charge is 2.41. The van der Waals surface area contributed by atoms with Gasteiger partial charge in [-0.1, -0.05) is 18.2 Å². The van der Waals surface area contributed by atoms with Crippen LogP contribution in [0.1, 0.15) is 47.7 Å². The van der Waals surface area contributed by atoms with Gasteiger partial charge in [-0.25, -0.2) is 4.39 Å². The third-order valence-corrected chi connectivity index (χ3v) is 6.24. The average molecular weight is 439 g/mol. The van der Waals surface area contributed by atoms with Crippen LogP contribution in [0.5, 0.6) is 0 Å². The van der Waals surface area contributed by atoms with Gasteiger partial charge in [-0.2, -0.15) is 0 Å². The maximum absolute atomic E-state index is 13.1. The number of amides is 3. The van der Waals surface area contributed by atoms with Gasteiger partial charge in [-0.05, 0) is 55.7 Å². The fourth-order valence-corrected chi connectivity index (χ4v) is 4.30. The molecule has 2 aliphatic heterocycles. The quantitative estimate of drug-likeness (QED) is 0.685. The normalized spacial score (nSPS) is 21.3. The van der Waals surface area contributed by atoms with Crippen LogP contribution in [0, 0.1) is 12.7 Å². The fourth-order valence-electron chi connectivity index (χ4n) is 4.30. The van der Waals surface area contributed by atoms with Crippen LogP contribution in [0.2, 0.25) is 0 Å². The maximum atomic E-state index is 13.1. The highest BCUT2D eigenvalue weighted by Crippen LogP contribution is 2.32. The summed E-state index contributed by atoms with van der Waals surface area (Å²) in [5.41, 5.74) is 2.43. The first-order valence-corrected chi connectivity index (χ1v) is 10.8. The number of hydrogen-bond acceptors (Lipinski definition) is 4. The van der Waals surface area contributed by atoms with Crippen molar-refractivity contribution < 1.29 is 18.8 Å². The van der Waals surface area contributed by atoms with E-state index in [4.69, 9.17) is 0 Å². The zero-order chi connectivity index (χ0) is 22.9. The van der Waals surface area contributed by atoms with E-state index in [0.717, 1.165) is 16.8 Å². The van der Waals surface area contributed by atoms with Crippen LogP contribution in [-0.4, -0.2) is 40.9 Å². The first-order valence-electron chi connectivity index (χ1n) is 10.8. The molecular weight excluding hydrogens is 411 g/mol. The SMILES string of the molecule is Cc1ccc2c(c1)NC1(CCC(=O)N(C(C)C(=O)NCc3ccc(F)cc3)CC1)NC2=O. The van der Waals surface area contributed by atoms with E-state index in [-0.39, 0.29) is 36.5 Å². The summed E-state index contributed by atoms with van der Waals surface area (Å²) in [5.74, 6) is -0.902. The summed E-state index contributed by atoms with van der Waals surface area (Å²) in [6.07, 6.45) is 1.13. The smallest absolute Gasteiger partial charge is 0.255 e. The molecule has 1 spiro atoms. The number of fused-ring (bicyclic) bond motifs is 1. The van der Waals surface area contributed by atoms with Crippen LogP contribution in [-0.2, 0) is 16.1 Å². The summed E-state index contributed by atoms with van der Waals surface area (Å²) >= 11 is 0. The van der Waals surface area contributed by atoms with Crippen LogP contribution < -0.4 is 16.0 Å². The molecule has 2 aliphatic rings. The molecule has 0 saturated carbocycles. The van der Waals surface area contributed by atoms with Crippen molar-refractivity contribution in [3.05, 3.63) is 65.0 Å². The molecule has 0 aliphatic carbocycles. The van der Waals surface area contributed by atoms with Crippen LogP contribution in [0.15, 0.2) is 42.5 Å². The number of nitrogens with one attached hydrogen (secondary N) is 3. The number of aryl methyl sites for hydroxylation is 1. The van der Waals surface area contributed by atoms with Crippen molar-refractivity contribution in [3.8, 4) is 0 Å². The Balaban J connectivity index is 1.42. The number of anilines is 1. The molecule has 1 saturated heterocycles. The zero-order valence-electron chi connectivity index (χ0n) is 18.2. The van der Waals surface area contributed by atoms with Gasteiger partial charge in [0.05, 0.1) is 5.56 Å². The van der Waals surface area contributed by atoms with E-state index >= 15 is 0 Å². The lowest BCUT2D eigenvalue weighted by Gasteiger charge is -2.40. The Kier molecular flexibility index (Phi) is 5.86. The van der Waals surface area contributed by atoms with Gasteiger partial charge < -0.3 is 20.9 Å². The predicted octanol–water partition coefficient (Wildman–Crippen LogP) is 2.70. The van der Waals surface area contributed by atoms with Gasteiger partial charge in [0.1, 0.15) is 17.5 Å². The highest BCUT2D eigenvalue weighted by atomic mass is 19.1. The van der Waals surface area contributed by atoms with E-state index < -0.39 is 11.7 Å². The lowest BCUT2D eigenvalue weighted by atomic mass is 9.94. The molecule has 7 nitrogen and oxygen atoms in total. The Morgan fingerprint density at radius 3 is 2.66 bits per heavy atom. The van der Waals surface area contributed by atoms with Crippen molar-refractivity contribution in [1.82, 2.24) is 15.5 Å². The monoisotopic (exact) mass is 438 g/mol. The number of nitrogens with zero attached hydrogens (tertiary/aromatic N) is 1. The summed E-state index contributed by atoms with van der Waals surface area (Å²) in [5, 5.41) is 9.30. The van der Waals surface area contributed by atoms with E-state index in [1.165, 1.54) is 12.1 Å². The average Bonchev–Trinajstić information content (AvgIpc) is 2.91. The molecule has 2 heterocycles. The Morgan fingerprint density at radius 2 is 1.91 bits per heavy atom. The van der Waals surface area contributed by atoms with Crippen molar-refractivity contribution >= 4 is 23.4 Å². The van der Waals surface area contributed by atoms with E-state index in [2.05, 4.69) is 16.0 Å². The minimum absolute atomic E-state index is 0.127. The van der Waals surface area contributed by atoms with Crippen molar-refractivity contribution in [2.45, 2.75) is 51.4 Å². The molecule has 0 aromatic heterocycles. The van der Waals surface area contributed by atoms with Gasteiger partial charge >= 0.3 is 0 Å². The molecular formula is C24H27FN4O3. The molecule has 3 N–H and O–H groups in total. The minimum atomic E-state index is -0.730. The Hall–Kier alpha value is -3.42. The van der Waals surface area contributed by atoms with Crippen molar-refractivity contribution in [2.75, 3.05) is 11.9 Å². The number of benzene rings is 2. The first kappa shape index (κ1) is 21.8. The first-order chi connectivity index (χ1) is 15.3. The van der Waals surface area contributed by atoms with Crippen molar-refractivity contribution in [3.63, 3.8) is 0 Å². The van der Waals surface area contributed by atoms with Gasteiger partial charge in [0.25, 0.3) is 5.91 Å². The number of hydrogen-bond donors (Lipinski definition) is 3. The highest BCUT2D eigenvalue weighted by molar-refractivity contribution is 6.02. The minimum Gasteiger partial charge on any atom is -0.362 e. The third kappa shape index (κ3) is 4.44. The van der Waals surface area contributed by atoms with E-state index in [1.807, 2.05) is 19.1 Å². The molecule has 4 rings (SSSR count). The second kappa shape index (κ2) is 8.61. The summed E-state index contributed by atoms with van der Waals surface area (Å²) in [7, 11) is 0. The molecule has 2 aromatic rings. The number of carbonyl (C=O) groups excluding carboxylic acids is 3. The van der Waals surface area contributed by atoms with Gasteiger partial charge in [0, 0.05) is 31.6 Å². The van der Waals surface area contributed by atoms with Gasteiger partial charge in [-0.15, -0.1) is 0 Å². The summed E-state index contributed by atoms with van der Waals surface area (Å²) in [6, 6.07) is 10.9. The summed E-state index contributed by atoms with van der Waals surface area (Å²) in [4.78, 5) is 39.8. The number of carbonyl (C=O) groups is 3. The van der Waals surface area contributed by atoms with Crippen LogP contribution in [0.4, 0.5) is 10.1 Å². The fraction of sp³-hybridized carbons (Fsp3) is 0.375. The molecule has 32 heavy (non-hydrogen) atoms. The van der Waals surface area contributed by atoms with Crippen molar-refractivity contribution in [1.29, 1.82) is 0 Å². The van der Waals surface area contributed by atoms with Crippen LogP contribution >= 0.6 is 0 Å². The molecule has 0 bridgehead atoms. The van der Waals surface area contributed by atoms with E-state index in [1.54, 1.807) is 30.0 Å². The number of likely N-dealkylation sites (tertiary alicyclic amines) is 1. The molecule has 1 fully saturated rings. The standard InChI is InChI=1S/C24H27FN4O3/c1-15-3-8-19-20(13-15)27-24(28-23(19)32)10-9-21(30)29(12-11-24)16(2)22(31)26-14-17-4-6-18(25)7-5-17/h3-8,13,16,27H,9-12,14H2,1-2H3,(H,26,31)(H,28,32). The molecule has 2 aromatic carbocycles. The number of halogens is 1. The molecule has 8 heteroatoms. The Morgan fingerprint density at radius 1 is 1.16 bits per heavy atom. The third-order valence-electron chi connectivity index (χ3n) is 6.24. The summed E-state index contributed by atoms with van der Waals surface area (Å²) < 4.78 is 13.1. The topological polar surface area (TPSA) is 90.5 Å². The van der Waals surface area contributed by atoms with Gasteiger partial charge in [-0.3, -0.25) is 14.4 Å². The predicted molar refractivity (Wildman–Crippen MR) is 118 cm³/mol. The van der Waals surface area contributed by atoms with E-state index in [9.17, 15) is 18.8 Å². The lowest BCUT2D eigenvalue weighted by molar-refractivity contribution is -0.139. The zero-order valence-corrected chi connectivity index (χ0v) is 18.2. The largest absolute Gasteiger partial charge is 0.362 e. The van der Waals surface area contributed by atoms with Gasteiger partial charge in [0.2, 0.25) is 11.8 Å². The second-order valence-electron chi connectivity index (χ2n) is 8.57. The molecule has 3 amide bonds. The Bertz CT molecular complexity index is 1060. The van der Waals surface area contributed by atoms with Crippen molar-refractivity contribution in [2.24, 2.45) is 0 Å². The van der Waals surface area contributed by atoms with Gasteiger partial charge in [0.15, 0.2) is 0 Å². The lowest BCUT2D eigenvalue weighted by Crippen LogP contribution is -2.58. The number of rotatable bonds is 4. The molecule has 168 valence electrons. The molecule has 0 radical (unpaired) electrons. The maximum Gasteiger partial charge on any atom is 0.255 e. The van der Waals surface area contributed by atoms with Crippen LogP contribution in [0.3, 0.4) is 0 Å². The molecule has 2 atom stereocenters. The van der Waals surface area contributed by atoms with E-state index in [0.29, 0.717) is 24.9 Å². The Labute approximate surface area is 186 Å². The van der Waals surface area contributed by atoms with Crippen LogP contribution in [0.25, 0.3) is 0 Å². The summed E-state index contributed by atoms with van der Waals surface area (Å²) in [6.45, 7) is 4.24. The molecule has 2 unspecified atom stereocenters. The second-order valence-corrected chi connectivity index (χ2v) is 8.57.